The smallest absolute Gasteiger partial charge is 0.222 e. The Morgan fingerprint density at radius 3 is 2.89 bits per heavy atom. The number of benzene rings is 1. The summed E-state index contributed by atoms with van der Waals surface area (Å²) in [6.45, 7) is 7.57. The van der Waals surface area contributed by atoms with Gasteiger partial charge in [0.1, 0.15) is 5.52 Å². The second-order valence-electron chi connectivity index (χ2n) is 5.05. The molecule has 1 aliphatic heterocycles. The highest BCUT2D eigenvalue weighted by molar-refractivity contribution is 5.76. The van der Waals surface area contributed by atoms with Crippen LogP contribution in [0.4, 0.5) is 0 Å². The molecule has 2 aromatic rings. The average molecular weight is 256 g/mol. The molecule has 0 N–H and O–H groups in total. The summed E-state index contributed by atoms with van der Waals surface area (Å²) in [5.74, 6) is 0.805. The molecule has 3 nitrogen and oxygen atoms in total. The Morgan fingerprint density at radius 2 is 2.21 bits per heavy atom. The standard InChI is InChI=1S/C16H20N2O/c1-3-12-5-6-15-14(11-12)17-16(19-15)13-7-9-18(4-2)10-8-13/h5-7,11H,3-4,8-10H2,1-2H3. The van der Waals surface area contributed by atoms with Gasteiger partial charge in [-0.15, -0.1) is 0 Å². The second-order valence-corrected chi connectivity index (χ2v) is 5.05. The molecule has 1 aromatic carbocycles. The van der Waals surface area contributed by atoms with Crippen LogP contribution < -0.4 is 0 Å². The Balaban J connectivity index is 1.91. The molecule has 3 heteroatoms. The fraction of sp³-hybridized carbons (Fsp3) is 0.438. The molecule has 0 bridgehead atoms. The molecule has 1 aliphatic rings. The summed E-state index contributed by atoms with van der Waals surface area (Å²) in [6.07, 6.45) is 4.31. The third kappa shape index (κ3) is 2.43. The van der Waals surface area contributed by atoms with Gasteiger partial charge >= 0.3 is 0 Å². The van der Waals surface area contributed by atoms with Crippen molar-refractivity contribution in [2.75, 3.05) is 19.6 Å². The molecule has 0 spiro atoms. The lowest BCUT2D eigenvalue weighted by molar-refractivity contribution is 0.317. The number of aromatic nitrogens is 1. The van der Waals surface area contributed by atoms with E-state index in [1.54, 1.807) is 0 Å². The number of hydrogen-bond donors (Lipinski definition) is 0. The largest absolute Gasteiger partial charge is 0.436 e. The van der Waals surface area contributed by atoms with Crippen LogP contribution in [0.3, 0.4) is 0 Å². The van der Waals surface area contributed by atoms with E-state index in [1.807, 2.05) is 6.07 Å². The highest BCUT2D eigenvalue weighted by Crippen LogP contribution is 2.26. The maximum atomic E-state index is 5.88. The Hall–Kier alpha value is -1.61. The lowest BCUT2D eigenvalue weighted by atomic mass is 10.1. The van der Waals surface area contributed by atoms with E-state index < -0.39 is 0 Å². The normalized spacial score (nSPS) is 16.8. The molecule has 19 heavy (non-hydrogen) atoms. The van der Waals surface area contributed by atoms with Crippen LogP contribution in [0.25, 0.3) is 16.7 Å². The SMILES string of the molecule is CCc1ccc2oc(C3=CCN(CC)CC3)nc2c1. The highest BCUT2D eigenvalue weighted by atomic mass is 16.3. The van der Waals surface area contributed by atoms with Crippen LogP contribution in [-0.4, -0.2) is 29.5 Å². The molecule has 0 unspecified atom stereocenters. The fourth-order valence-corrected chi connectivity index (χ4v) is 2.52. The summed E-state index contributed by atoms with van der Waals surface area (Å²) in [6, 6.07) is 6.28. The van der Waals surface area contributed by atoms with Gasteiger partial charge in [-0.3, -0.25) is 4.90 Å². The number of oxazole rings is 1. The molecule has 0 amide bonds. The first kappa shape index (κ1) is 12.4. The molecule has 0 aliphatic carbocycles. The van der Waals surface area contributed by atoms with Gasteiger partial charge in [0.2, 0.25) is 5.89 Å². The molecule has 1 aromatic heterocycles. The number of likely N-dealkylation sites (N-methyl/N-ethyl adjacent to an activating group) is 1. The second kappa shape index (κ2) is 5.17. The van der Waals surface area contributed by atoms with E-state index in [2.05, 4.69) is 41.9 Å². The number of rotatable bonds is 3. The number of aryl methyl sites for hydroxylation is 1. The average Bonchev–Trinajstić information content (AvgIpc) is 2.90. The van der Waals surface area contributed by atoms with E-state index in [0.29, 0.717) is 0 Å². The molecule has 0 fully saturated rings. The minimum absolute atomic E-state index is 0.805. The maximum absolute atomic E-state index is 5.88. The zero-order chi connectivity index (χ0) is 13.2. The van der Waals surface area contributed by atoms with E-state index in [4.69, 9.17) is 4.42 Å². The van der Waals surface area contributed by atoms with Crippen LogP contribution in [0, 0.1) is 0 Å². The molecule has 100 valence electrons. The fourth-order valence-electron chi connectivity index (χ4n) is 2.52. The Labute approximate surface area is 113 Å². The Bertz CT molecular complexity index is 612. The van der Waals surface area contributed by atoms with Crippen molar-refractivity contribution < 1.29 is 4.42 Å². The number of nitrogens with zero attached hydrogens (tertiary/aromatic N) is 2. The van der Waals surface area contributed by atoms with Crippen molar-refractivity contribution in [1.82, 2.24) is 9.88 Å². The Kier molecular flexibility index (Phi) is 3.38. The van der Waals surface area contributed by atoms with Crippen molar-refractivity contribution in [2.45, 2.75) is 26.7 Å². The van der Waals surface area contributed by atoms with Crippen molar-refractivity contribution >= 4 is 16.7 Å². The van der Waals surface area contributed by atoms with E-state index in [9.17, 15) is 0 Å². The summed E-state index contributed by atoms with van der Waals surface area (Å²) in [4.78, 5) is 7.06. The van der Waals surface area contributed by atoms with Crippen LogP contribution in [-0.2, 0) is 6.42 Å². The van der Waals surface area contributed by atoms with Gasteiger partial charge in [-0.2, -0.15) is 0 Å². The van der Waals surface area contributed by atoms with Crippen molar-refractivity contribution in [1.29, 1.82) is 0 Å². The summed E-state index contributed by atoms with van der Waals surface area (Å²) >= 11 is 0. The molecule has 2 heterocycles. The molecule has 0 saturated heterocycles. The van der Waals surface area contributed by atoms with Gasteiger partial charge in [-0.25, -0.2) is 4.98 Å². The third-order valence-electron chi connectivity index (χ3n) is 3.88. The van der Waals surface area contributed by atoms with Crippen LogP contribution in [0.5, 0.6) is 0 Å². The number of hydrogen-bond acceptors (Lipinski definition) is 3. The quantitative estimate of drug-likeness (QED) is 0.841. The summed E-state index contributed by atoms with van der Waals surface area (Å²) in [5.41, 5.74) is 4.43. The summed E-state index contributed by atoms with van der Waals surface area (Å²) < 4.78 is 5.88. The van der Waals surface area contributed by atoms with Crippen molar-refractivity contribution in [3.63, 3.8) is 0 Å². The maximum Gasteiger partial charge on any atom is 0.222 e. The molecule has 0 atom stereocenters. The minimum Gasteiger partial charge on any atom is -0.436 e. The first-order valence-corrected chi connectivity index (χ1v) is 7.11. The van der Waals surface area contributed by atoms with Gasteiger partial charge in [-0.05, 0) is 37.1 Å². The van der Waals surface area contributed by atoms with E-state index in [1.165, 1.54) is 11.1 Å². The highest BCUT2D eigenvalue weighted by Gasteiger charge is 2.16. The first-order valence-electron chi connectivity index (χ1n) is 7.11. The van der Waals surface area contributed by atoms with Gasteiger partial charge in [0.25, 0.3) is 0 Å². The van der Waals surface area contributed by atoms with Gasteiger partial charge in [-0.1, -0.05) is 26.0 Å². The topological polar surface area (TPSA) is 29.3 Å². The van der Waals surface area contributed by atoms with Crippen LogP contribution >= 0.6 is 0 Å². The van der Waals surface area contributed by atoms with Crippen molar-refractivity contribution in [3.05, 3.63) is 35.7 Å². The van der Waals surface area contributed by atoms with Crippen molar-refractivity contribution in [3.8, 4) is 0 Å². The molecule has 3 rings (SSSR count). The molecule has 0 radical (unpaired) electrons. The van der Waals surface area contributed by atoms with Gasteiger partial charge < -0.3 is 4.42 Å². The monoisotopic (exact) mass is 256 g/mol. The summed E-state index contributed by atoms with van der Waals surface area (Å²) in [5, 5.41) is 0. The molecular formula is C16H20N2O. The van der Waals surface area contributed by atoms with Crippen LogP contribution in [0.2, 0.25) is 0 Å². The zero-order valence-corrected chi connectivity index (χ0v) is 11.6. The lowest BCUT2D eigenvalue weighted by Crippen LogP contribution is -2.28. The first-order chi connectivity index (χ1) is 9.30. The van der Waals surface area contributed by atoms with Crippen molar-refractivity contribution in [2.24, 2.45) is 0 Å². The van der Waals surface area contributed by atoms with Gasteiger partial charge in [0.15, 0.2) is 5.58 Å². The predicted molar refractivity (Wildman–Crippen MR) is 78.1 cm³/mol. The lowest BCUT2D eigenvalue weighted by Gasteiger charge is -2.23. The minimum atomic E-state index is 0.805. The predicted octanol–water partition coefficient (Wildman–Crippen LogP) is 3.50. The summed E-state index contributed by atoms with van der Waals surface area (Å²) in [7, 11) is 0. The number of fused-ring (bicyclic) bond motifs is 1. The molecular weight excluding hydrogens is 236 g/mol. The third-order valence-corrected chi connectivity index (χ3v) is 3.88. The van der Waals surface area contributed by atoms with Gasteiger partial charge in [0.05, 0.1) is 0 Å². The van der Waals surface area contributed by atoms with E-state index in [0.717, 1.165) is 49.5 Å². The molecule has 0 saturated carbocycles. The van der Waals surface area contributed by atoms with Gasteiger partial charge in [0, 0.05) is 18.7 Å². The Morgan fingerprint density at radius 1 is 1.32 bits per heavy atom. The van der Waals surface area contributed by atoms with Crippen LogP contribution in [0.1, 0.15) is 31.7 Å². The van der Waals surface area contributed by atoms with E-state index in [-0.39, 0.29) is 0 Å². The van der Waals surface area contributed by atoms with Crippen LogP contribution in [0.15, 0.2) is 28.7 Å². The van der Waals surface area contributed by atoms with E-state index >= 15 is 0 Å². The zero-order valence-electron chi connectivity index (χ0n) is 11.6.